The molecule has 0 spiro atoms. The van der Waals surface area contributed by atoms with Crippen LogP contribution in [-0.2, 0) is 6.42 Å². The molecule has 148 valence electrons. The molecule has 0 aliphatic carbocycles. The van der Waals surface area contributed by atoms with Crippen molar-refractivity contribution in [2.45, 2.75) is 52.4 Å². The monoisotopic (exact) mass is 399 g/mol. The summed E-state index contributed by atoms with van der Waals surface area (Å²) in [5.74, 6) is -4.08. The van der Waals surface area contributed by atoms with Crippen molar-refractivity contribution in [3.05, 3.63) is 51.6 Å². The number of rotatable bonds is 8. The molecule has 1 atom stereocenters. The molecule has 2 aliphatic heterocycles. The normalized spacial score (nSPS) is 17.2. The molecule has 0 saturated carbocycles. The molecule has 1 unspecified atom stereocenters. The average Bonchev–Trinajstić information content (AvgIpc) is 3.24. The number of anilines is 1. The molecule has 1 aromatic carbocycles. The molecular weight excluding hydrogens is 374 g/mol. The molecule has 6 heteroatoms. The van der Waals surface area contributed by atoms with Gasteiger partial charge >= 0.3 is 0 Å². The van der Waals surface area contributed by atoms with Crippen molar-refractivity contribution in [2.24, 2.45) is 5.92 Å². The molecule has 0 N–H and O–H groups in total. The van der Waals surface area contributed by atoms with Crippen LogP contribution in [0.4, 0.5) is 23.2 Å². The lowest BCUT2D eigenvalue weighted by Gasteiger charge is -2.20. The van der Waals surface area contributed by atoms with E-state index < -0.39 is 34.5 Å². The summed E-state index contributed by atoms with van der Waals surface area (Å²) >= 11 is 1.60. The van der Waals surface area contributed by atoms with Crippen LogP contribution in [0.3, 0.4) is 0 Å². The Hall–Kier alpha value is -1.43. The van der Waals surface area contributed by atoms with Gasteiger partial charge in [-0.2, -0.15) is 0 Å². The van der Waals surface area contributed by atoms with Gasteiger partial charge in [-0.15, -0.1) is 11.8 Å². The molecule has 0 aromatic heterocycles. The van der Waals surface area contributed by atoms with Gasteiger partial charge in [0.15, 0.2) is 23.3 Å². The summed E-state index contributed by atoms with van der Waals surface area (Å²) in [6, 6.07) is 0. The molecule has 0 radical (unpaired) electrons. The number of fused-ring (bicyclic) bond motifs is 1. The van der Waals surface area contributed by atoms with E-state index >= 15 is 0 Å². The predicted octanol–water partition coefficient (Wildman–Crippen LogP) is 6.73. The minimum absolute atomic E-state index is 0.0108. The van der Waals surface area contributed by atoms with Gasteiger partial charge in [0.05, 0.1) is 0 Å². The van der Waals surface area contributed by atoms with Gasteiger partial charge in [-0.25, -0.2) is 17.6 Å². The standard InChI is InChI=1S/C21H25F4NS/c1-3-5-6-13(4-2)7-8-16-17(22)19(24)21(20(25)18(16)23)26-9-14-11-27-12-15(14)10-26/h9,12-13H,3-8,10-11H2,1-2H3. The second kappa shape index (κ2) is 8.72. The number of thioether (sulfide) groups is 1. The zero-order chi connectivity index (χ0) is 19.6. The van der Waals surface area contributed by atoms with Crippen LogP contribution < -0.4 is 4.90 Å². The molecular formula is C21H25F4NS. The van der Waals surface area contributed by atoms with Crippen molar-refractivity contribution in [2.75, 3.05) is 17.2 Å². The van der Waals surface area contributed by atoms with Gasteiger partial charge in [0, 0.05) is 24.1 Å². The number of nitrogens with zero attached hydrogens (tertiary/aromatic N) is 1. The number of hydrogen-bond donors (Lipinski definition) is 0. The maximum Gasteiger partial charge on any atom is 0.185 e. The fourth-order valence-electron chi connectivity index (χ4n) is 3.75. The van der Waals surface area contributed by atoms with Crippen LogP contribution in [0.1, 0.15) is 51.5 Å². The average molecular weight is 399 g/mol. The fraction of sp³-hybridized carbons (Fsp3) is 0.524. The van der Waals surface area contributed by atoms with Crippen molar-refractivity contribution in [1.82, 2.24) is 0 Å². The molecule has 2 aliphatic rings. The highest BCUT2D eigenvalue weighted by molar-refractivity contribution is 8.02. The Kier molecular flexibility index (Phi) is 6.56. The Morgan fingerprint density at radius 2 is 1.70 bits per heavy atom. The van der Waals surface area contributed by atoms with E-state index in [2.05, 4.69) is 6.92 Å². The molecule has 0 saturated heterocycles. The van der Waals surface area contributed by atoms with E-state index in [1.54, 1.807) is 18.0 Å². The molecule has 0 bridgehead atoms. The van der Waals surface area contributed by atoms with E-state index in [0.717, 1.165) is 36.8 Å². The zero-order valence-electron chi connectivity index (χ0n) is 15.8. The van der Waals surface area contributed by atoms with Crippen molar-refractivity contribution in [1.29, 1.82) is 0 Å². The molecule has 0 amide bonds. The highest BCUT2D eigenvalue weighted by atomic mass is 32.2. The summed E-state index contributed by atoms with van der Waals surface area (Å²) in [5, 5.41) is 1.92. The van der Waals surface area contributed by atoms with Gasteiger partial charge in [-0.1, -0.05) is 39.5 Å². The lowest BCUT2D eigenvalue weighted by Crippen LogP contribution is -2.20. The topological polar surface area (TPSA) is 3.24 Å². The molecule has 1 nitrogen and oxygen atoms in total. The largest absolute Gasteiger partial charge is 0.338 e. The van der Waals surface area contributed by atoms with Gasteiger partial charge in [-0.05, 0) is 35.3 Å². The van der Waals surface area contributed by atoms with Crippen molar-refractivity contribution < 1.29 is 17.6 Å². The highest BCUT2D eigenvalue weighted by Gasteiger charge is 2.32. The van der Waals surface area contributed by atoms with E-state index in [9.17, 15) is 17.6 Å². The van der Waals surface area contributed by atoms with Crippen molar-refractivity contribution in [3.63, 3.8) is 0 Å². The van der Waals surface area contributed by atoms with Crippen LogP contribution in [0.25, 0.3) is 0 Å². The Bertz CT molecular complexity index is 743. The summed E-state index contributed by atoms with van der Waals surface area (Å²) in [4.78, 5) is 1.28. The highest BCUT2D eigenvalue weighted by Crippen LogP contribution is 2.39. The van der Waals surface area contributed by atoms with E-state index in [1.165, 1.54) is 4.90 Å². The number of unbranched alkanes of at least 4 members (excludes halogenated alkanes) is 1. The van der Waals surface area contributed by atoms with Gasteiger partial charge in [-0.3, -0.25) is 0 Å². The number of hydrogen-bond acceptors (Lipinski definition) is 2. The maximum atomic E-state index is 14.7. The SMILES string of the molecule is CCCCC(CC)CCc1c(F)c(F)c(N2C=C3CSC=C3C2)c(F)c1F. The van der Waals surface area contributed by atoms with Crippen LogP contribution in [0, 0.1) is 29.2 Å². The Labute approximate surface area is 162 Å². The molecule has 0 fully saturated rings. The first-order valence-corrected chi connectivity index (χ1v) is 10.7. The summed E-state index contributed by atoms with van der Waals surface area (Å²) in [6.07, 6.45) is 6.08. The van der Waals surface area contributed by atoms with E-state index in [4.69, 9.17) is 0 Å². The summed E-state index contributed by atoms with van der Waals surface area (Å²) in [7, 11) is 0. The quantitative estimate of drug-likeness (QED) is 0.352. The van der Waals surface area contributed by atoms with Gasteiger partial charge < -0.3 is 4.90 Å². The summed E-state index contributed by atoms with van der Waals surface area (Å²) in [6.45, 7) is 4.36. The van der Waals surface area contributed by atoms with Crippen molar-refractivity contribution in [3.8, 4) is 0 Å². The van der Waals surface area contributed by atoms with Crippen LogP contribution in [0.5, 0.6) is 0 Å². The lowest BCUT2D eigenvalue weighted by molar-refractivity contribution is 0.400. The van der Waals surface area contributed by atoms with Crippen LogP contribution in [-0.4, -0.2) is 12.3 Å². The second-order valence-corrected chi connectivity index (χ2v) is 8.13. The Morgan fingerprint density at radius 3 is 2.30 bits per heavy atom. The number of benzene rings is 1. The van der Waals surface area contributed by atoms with Gasteiger partial charge in [0.25, 0.3) is 0 Å². The fourth-order valence-corrected chi connectivity index (χ4v) is 4.70. The van der Waals surface area contributed by atoms with Crippen LogP contribution in [0.15, 0.2) is 22.8 Å². The first kappa shape index (κ1) is 20.3. The maximum absolute atomic E-state index is 14.7. The van der Waals surface area contributed by atoms with E-state index in [-0.39, 0.29) is 13.0 Å². The van der Waals surface area contributed by atoms with E-state index in [0.29, 0.717) is 18.1 Å². The van der Waals surface area contributed by atoms with Crippen LogP contribution in [0.2, 0.25) is 0 Å². The third-order valence-electron chi connectivity index (χ3n) is 5.49. The van der Waals surface area contributed by atoms with E-state index in [1.807, 2.05) is 12.3 Å². The minimum Gasteiger partial charge on any atom is -0.338 e. The summed E-state index contributed by atoms with van der Waals surface area (Å²) in [5.41, 5.74) is 0.806. The third-order valence-corrected chi connectivity index (χ3v) is 6.42. The Morgan fingerprint density at radius 1 is 1.00 bits per heavy atom. The smallest absolute Gasteiger partial charge is 0.185 e. The summed E-state index contributed by atoms with van der Waals surface area (Å²) < 4.78 is 58.5. The molecule has 3 rings (SSSR count). The first-order valence-electron chi connectivity index (χ1n) is 9.61. The predicted molar refractivity (Wildman–Crippen MR) is 104 cm³/mol. The zero-order valence-corrected chi connectivity index (χ0v) is 16.6. The molecule has 1 aromatic rings. The third kappa shape index (κ3) is 4.05. The Balaban J connectivity index is 1.84. The van der Waals surface area contributed by atoms with Gasteiger partial charge in [0.2, 0.25) is 0 Å². The minimum atomic E-state index is -1.30. The molecule has 27 heavy (non-hydrogen) atoms. The van der Waals surface area contributed by atoms with Crippen molar-refractivity contribution >= 4 is 17.4 Å². The lowest BCUT2D eigenvalue weighted by atomic mass is 9.92. The second-order valence-electron chi connectivity index (χ2n) is 7.27. The number of halogens is 4. The first-order chi connectivity index (χ1) is 13.0. The van der Waals surface area contributed by atoms with Gasteiger partial charge in [0.1, 0.15) is 5.69 Å². The molecule has 2 heterocycles. The van der Waals surface area contributed by atoms with Crippen LogP contribution >= 0.6 is 11.8 Å².